The lowest BCUT2D eigenvalue weighted by atomic mass is 9.89. The minimum absolute atomic E-state index is 0.870. The largest absolute Gasteiger partial charge is 0.400 e. The minimum atomic E-state index is -4.23. The van der Waals surface area contributed by atoms with E-state index in [1.807, 2.05) is 0 Å². The highest BCUT2D eigenvalue weighted by atomic mass is 19.4. The number of halogens is 3. The van der Waals surface area contributed by atoms with Gasteiger partial charge < -0.3 is 0 Å². The summed E-state index contributed by atoms with van der Waals surface area (Å²) in [6.07, 6.45) is 1.24. The monoisotopic (exact) mass is 202 g/mol. The number of hydrogen-bond donors (Lipinski definition) is 0. The Labute approximate surface area is 81.8 Å². The molecule has 0 amide bonds. The van der Waals surface area contributed by atoms with Crippen LogP contribution in [0.4, 0.5) is 13.2 Å². The van der Waals surface area contributed by atoms with Crippen LogP contribution < -0.4 is 0 Å². The Bertz CT molecular complexity index is 294. The molecular formula is C11H13F3. The molecule has 0 fully saturated rings. The Balaban J connectivity index is 3.12. The maximum Gasteiger partial charge on any atom is 0.400 e. The Kier molecular flexibility index (Phi) is 2.61. The summed E-state index contributed by atoms with van der Waals surface area (Å²) in [6.45, 7) is 4.78. The fourth-order valence-corrected chi connectivity index (χ4v) is 1.10. The second-order valence-corrected chi connectivity index (χ2v) is 3.81. The number of alkyl halides is 3. The average Bonchev–Trinajstić information content (AvgIpc) is 2.18. The zero-order valence-electron chi connectivity index (χ0n) is 8.44. The third kappa shape index (κ3) is 1.91. The van der Waals surface area contributed by atoms with Crippen molar-refractivity contribution in [1.82, 2.24) is 0 Å². The Morgan fingerprint density at radius 3 is 1.64 bits per heavy atom. The van der Waals surface area contributed by atoms with E-state index in [0.717, 1.165) is 11.1 Å². The molecule has 0 bridgehead atoms. The van der Waals surface area contributed by atoms with Crippen LogP contribution in [0, 0.1) is 5.41 Å². The molecule has 0 spiro atoms. The van der Waals surface area contributed by atoms with Crippen molar-refractivity contribution in [3.05, 3.63) is 35.5 Å². The minimum Gasteiger partial charge on any atom is -0.170 e. The molecule has 0 unspecified atom stereocenters. The highest BCUT2D eigenvalue weighted by Gasteiger charge is 2.47. The van der Waals surface area contributed by atoms with Crippen molar-refractivity contribution >= 4 is 0 Å². The predicted molar refractivity (Wildman–Crippen MR) is 50.8 cm³/mol. The molecule has 0 aromatic carbocycles. The highest BCUT2D eigenvalue weighted by molar-refractivity contribution is 5.36. The molecule has 0 nitrogen and oxygen atoms in total. The lowest BCUT2D eigenvalue weighted by Gasteiger charge is -2.24. The first-order valence-corrected chi connectivity index (χ1v) is 4.39. The molecule has 3 heteroatoms. The van der Waals surface area contributed by atoms with Crippen molar-refractivity contribution in [2.45, 2.75) is 26.9 Å². The SMILES string of the molecule is CC1=C(C)C=CC(C)(C(F)(F)F)C=C1. The Morgan fingerprint density at radius 1 is 1.00 bits per heavy atom. The summed E-state index contributed by atoms with van der Waals surface area (Å²) in [5.41, 5.74) is -0.102. The van der Waals surface area contributed by atoms with E-state index in [4.69, 9.17) is 0 Å². The van der Waals surface area contributed by atoms with Crippen LogP contribution in [0.1, 0.15) is 20.8 Å². The first kappa shape index (κ1) is 11.1. The van der Waals surface area contributed by atoms with Gasteiger partial charge in [0.05, 0.1) is 5.41 Å². The summed E-state index contributed by atoms with van der Waals surface area (Å²) >= 11 is 0. The van der Waals surface area contributed by atoms with Crippen LogP contribution in [0.15, 0.2) is 35.5 Å². The van der Waals surface area contributed by atoms with E-state index in [-0.39, 0.29) is 0 Å². The smallest absolute Gasteiger partial charge is 0.170 e. The fourth-order valence-electron chi connectivity index (χ4n) is 1.10. The van der Waals surface area contributed by atoms with E-state index in [9.17, 15) is 13.2 Å². The van der Waals surface area contributed by atoms with E-state index in [2.05, 4.69) is 0 Å². The Hall–Kier alpha value is -0.990. The van der Waals surface area contributed by atoms with Gasteiger partial charge in [-0.3, -0.25) is 0 Å². The van der Waals surface area contributed by atoms with Crippen molar-refractivity contribution in [3.63, 3.8) is 0 Å². The van der Waals surface area contributed by atoms with Gasteiger partial charge in [-0.1, -0.05) is 24.3 Å². The summed E-state index contributed by atoms with van der Waals surface area (Å²) in [7, 11) is 0. The molecule has 78 valence electrons. The molecule has 0 aromatic rings. The third-order valence-electron chi connectivity index (χ3n) is 2.59. The lowest BCUT2D eigenvalue weighted by Crippen LogP contribution is -2.31. The molecule has 1 aliphatic rings. The summed E-state index contributed by atoms with van der Waals surface area (Å²) < 4.78 is 37.9. The van der Waals surface area contributed by atoms with E-state index in [1.54, 1.807) is 13.8 Å². The maximum atomic E-state index is 12.6. The van der Waals surface area contributed by atoms with Crippen LogP contribution in [0.5, 0.6) is 0 Å². The molecule has 14 heavy (non-hydrogen) atoms. The molecule has 1 aliphatic carbocycles. The summed E-state index contributed by atoms with van der Waals surface area (Å²) in [4.78, 5) is 0. The normalized spacial score (nSPS) is 21.3. The maximum absolute atomic E-state index is 12.6. The van der Waals surface area contributed by atoms with Gasteiger partial charge in [-0.2, -0.15) is 13.2 Å². The molecule has 1 rings (SSSR count). The zero-order chi connectivity index (χ0) is 11.0. The highest BCUT2D eigenvalue weighted by Crippen LogP contribution is 2.42. The molecule has 0 aliphatic heterocycles. The molecule has 0 saturated carbocycles. The molecule has 0 N–H and O–H groups in total. The second kappa shape index (κ2) is 3.30. The first-order chi connectivity index (χ1) is 6.26. The van der Waals surface area contributed by atoms with Crippen molar-refractivity contribution in [2.75, 3.05) is 0 Å². The van der Waals surface area contributed by atoms with Gasteiger partial charge in [0.25, 0.3) is 0 Å². The van der Waals surface area contributed by atoms with Crippen LogP contribution in [-0.4, -0.2) is 6.18 Å². The topological polar surface area (TPSA) is 0 Å². The van der Waals surface area contributed by atoms with Crippen LogP contribution in [0.2, 0.25) is 0 Å². The quantitative estimate of drug-likeness (QED) is 0.556. The number of allylic oxidation sites excluding steroid dienone is 6. The van der Waals surface area contributed by atoms with Crippen molar-refractivity contribution in [1.29, 1.82) is 0 Å². The Morgan fingerprint density at radius 2 is 1.36 bits per heavy atom. The van der Waals surface area contributed by atoms with Crippen LogP contribution >= 0.6 is 0 Å². The van der Waals surface area contributed by atoms with E-state index in [0.29, 0.717) is 0 Å². The average molecular weight is 202 g/mol. The van der Waals surface area contributed by atoms with Gasteiger partial charge in [0.1, 0.15) is 0 Å². The van der Waals surface area contributed by atoms with Gasteiger partial charge in [-0.15, -0.1) is 0 Å². The molecule has 0 heterocycles. The van der Waals surface area contributed by atoms with E-state index in [1.165, 1.54) is 31.2 Å². The van der Waals surface area contributed by atoms with E-state index < -0.39 is 11.6 Å². The third-order valence-corrected chi connectivity index (χ3v) is 2.59. The van der Waals surface area contributed by atoms with Crippen molar-refractivity contribution in [2.24, 2.45) is 5.41 Å². The van der Waals surface area contributed by atoms with Crippen LogP contribution in [0.25, 0.3) is 0 Å². The van der Waals surface area contributed by atoms with Gasteiger partial charge in [0.2, 0.25) is 0 Å². The van der Waals surface area contributed by atoms with E-state index >= 15 is 0 Å². The lowest BCUT2D eigenvalue weighted by molar-refractivity contribution is -0.183. The van der Waals surface area contributed by atoms with Crippen LogP contribution in [0.3, 0.4) is 0 Å². The van der Waals surface area contributed by atoms with Crippen molar-refractivity contribution in [3.8, 4) is 0 Å². The predicted octanol–water partition coefficient (Wildman–Crippen LogP) is 4.02. The summed E-state index contributed by atoms with van der Waals surface area (Å²) in [5.74, 6) is 0. The molecule has 0 radical (unpaired) electrons. The molecule has 0 atom stereocenters. The van der Waals surface area contributed by atoms with Crippen molar-refractivity contribution < 1.29 is 13.2 Å². The molecular weight excluding hydrogens is 189 g/mol. The van der Waals surface area contributed by atoms with Gasteiger partial charge in [0, 0.05) is 0 Å². The van der Waals surface area contributed by atoms with Gasteiger partial charge in [-0.25, -0.2) is 0 Å². The summed E-state index contributed by atoms with van der Waals surface area (Å²) in [6, 6.07) is 0. The second-order valence-electron chi connectivity index (χ2n) is 3.81. The fraction of sp³-hybridized carbons (Fsp3) is 0.455. The standard InChI is InChI=1S/C11H13F3/c1-8-4-6-10(3,11(12,13)14)7-5-9(8)2/h4-7H,1-3H3. The van der Waals surface area contributed by atoms with Gasteiger partial charge in [0.15, 0.2) is 0 Å². The molecule has 0 aromatic heterocycles. The van der Waals surface area contributed by atoms with Gasteiger partial charge in [-0.05, 0) is 31.9 Å². The zero-order valence-corrected chi connectivity index (χ0v) is 8.44. The summed E-state index contributed by atoms with van der Waals surface area (Å²) in [5, 5.41) is 0. The van der Waals surface area contributed by atoms with Gasteiger partial charge >= 0.3 is 6.18 Å². The first-order valence-electron chi connectivity index (χ1n) is 4.39. The number of hydrogen-bond acceptors (Lipinski definition) is 0. The molecule has 0 saturated heterocycles. The van der Waals surface area contributed by atoms with Crippen LogP contribution in [-0.2, 0) is 0 Å². The number of rotatable bonds is 0.